The molecule has 2 atom stereocenters. The number of amides is 1. The lowest BCUT2D eigenvalue weighted by molar-refractivity contribution is -0.275. The molecule has 17 heavy (non-hydrogen) atoms. The number of nitrogens with zero attached hydrogens (tertiary/aromatic N) is 1. The van der Waals surface area contributed by atoms with Crippen LogP contribution in [0.4, 0.5) is 22.0 Å². The van der Waals surface area contributed by atoms with Gasteiger partial charge in [-0.1, -0.05) is 13.8 Å². The minimum Gasteiger partial charge on any atom is -0.337 e. The molecule has 1 aliphatic rings. The van der Waals surface area contributed by atoms with Crippen LogP contribution in [0.25, 0.3) is 0 Å². The van der Waals surface area contributed by atoms with E-state index in [1.165, 1.54) is 0 Å². The van der Waals surface area contributed by atoms with Gasteiger partial charge in [0.15, 0.2) is 0 Å². The van der Waals surface area contributed by atoms with Gasteiger partial charge in [0.25, 0.3) is 0 Å². The molecule has 0 aromatic rings. The van der Waals surface area contributed by atoms with Crippen LogP contribution in [-0.4, -0.2) is 36.0 Å². The van der Waals surface area contributed by atoms with Crippen molar-refractivity contribution in [3.8, 4) is 0 Å². The van der Waals surface area contributed by atoms with Crippen LogP contribution < -0.4 is 0 Å². The highest BCUT2D eigenvalue weighted by Crippen LogP contribution is 2.38. The Morgan fingerprint density at radius 3 is 1.82 bits per heavy atom. The van der Waals surface area contributed by atoms with Crippen molar-refractivity contribution >= 4 is 5.91 Å². The predicted octanol–water partition coefficient (Wildman–Crippen LogP) is 2.69. The first-order valence-corrected chi connectivity index (χ1v) is 5.29. The largest absolute Gasteiger partial charge is 0.463 e. The Kier molecular flexibility index (Phi) is 3.69. The number of likely N-dealkylation sites (tertiary alicyclic amines) is 1. The fourth-order valence-electron chi connectivity index (χ4n) is 2.15. The molecule has 1 rings (SSSR count). The van der Waals surface area contributed by atoms with Crippen molar-refractivity contribution in [1.29, 1.82) is 0 Å². The monoisotopic (exact) mass is 259 g/mol. The molecule has 2 nitrogen and oxygen atoms in total. The molecule has 100 valence electrons. The summed E-state index contributed by atoms with van der Waals surface area (Å²) >= 11 is 0. The highest BCUT2D eigenvalue weighted by atomic mass is 19.4. The Labute approximate surface area is 95.8 Å². The zero-order chi connectivity index (χ0) is 13.4. The SMILES string of the molecule is CC1CC(C)CN(C(=O)C(F)(F)C(F)(F)F)C1. The zero-order valence-corrected chi connectivity index (χ0v) is 9.52. The number of carbonyl (C=O) groups excluding carboxylic acids is 1. The number of piperidine rings is 1. The summed E-state index contributed by atoms with van der Waals surface area (Å²) in [5.41, 5.74) is 0. The third kappa shape index (κ3) is 2.87. The molecule has 0 N–H and O–H groups in total. The Bertz CT molecular complexity index is 292. The summed E-state index contributed by atoms with van der Waals surface area (Å²) in [6, 6.07) is 0. The first-order valence-electron chi connectivity index (χ1n) is 5.29. The molecule has 0 spiro atoms. The van der Waals surface area contributed by atoms with Gasteiger partial charge in [0.1, 0.15) is 0 Å². The molecule has 7 heteroatoms. The maximum atomic E-state index is 12.8. The maximum absolute atomic E-state index is 12.8. The van der Waals surface area contributed by atoms with Crippen LogP contribution in [0.3, 0.4) is 0 Å². The van der Waals surface area contributed by atoms with Gasteiger partial charge in [-0.3, -0.25) is 4.79 Å². The minimum absolute atomic E-state index is 0.0468. The van der Waals surface area contributed by atoms with Crippen LogP contribution in [0, 0.1) is 11.8 Å². The van der Waals surface area contributed by atoms with Gasteiger partial charge in [-0.15, -0.1) is 0 Å². The second-order valence-electron chi connectivity index (χ2n) is 4.73. The fraction of sp³-hybridized carbons (Fsp3) is 0.900. The number of carbonyl (C=O) groups is 1. The fourth-order valence-corrected chi connectivity index (χ4v) is 2.15. The van der Waals surface area contributed by atoms with Crippen molar-refractivity contribution in [2.45, 2.75) is 32.4 Å². The Morgan fingerprint density at radius 2 is 1.47 bits per heavy atom. The molecular formula is C10H14F5NO. The Morgan fingerprint density at radius 1 is 1.06 bits per heavy atom. The normalized spacial score (nSPS) is 27.1. The van der Waals surface area contributed by atoms with E-state index in [1.807, 2.05) is 0 Å². The highest BCUT2D eigenvalue weighted by molar-refractivity contribution is 5.84. The van der Waals surface area contributed by atoms with Crippen LogP contribution in [0.1, 0.15) is 20.3 Å². The number of hydrogen-bond donors (Lipinski definition) is 0. The molecule has 1 aliphatic heterocycles. The van der Waals surface area contributed by atoms with E-state index in [1.54, 1.807) is 13.8 Å². The van der Waals surface area contributed by atoms with Gasteiger partial charge in [0, 0.05) is 13.1 Å². The first-order chi connectivity index (χ1) is 7.55. The molecule has 0 saturated carbocycles. The third-order valence-corrected chi connectivity index (χ3v) is 2.78. The lowest BCUT2D eigenvalue weighted by atomic mass is 9.91. The van der Waals surface area contributed by atoms with E-state index < -0.39 is 18.0 Å². The third-order valence-electron chi connectivity index (χ3n) is 2.78. The summed E-state index contributed by atoms with van der Waals surface area (Å²) in [5.74, 6) is -7.55. The van der Waals surface area contributed by atoms with E-state index in [9.17, 15) is 26.7 Å². The summed E-state index contributed by atoms with van der Waals surface area (Å²) in [7, 11) is 0. The number of halogens is 5. The van der Waals surface area contributed by atoms with E-state index >= 15 is 0 Å². The van der Waals surface area contributed by atoms with Crippen molar-refractivity contribution in [3.63, 3.8) is 0 Å². The summed E-state index contributed by atoms with van der Waals surface area (Å²) < 4.78 is 61.8. The molecule has 1 fully saturated rings. The smallest absolute Gasteiger partial charge is 0.337 e. The van der Waals surface area contributed by atoms with Crippen LogP contribution in [0.5, 0.6) is 0 Å². The zero-order valence-electron chi connectivity index (χ0n) is 9.52. The quantitative estimate of drug-likeness (QED) is 0.663. The van der Waals surface area contributed by atoms with Crippen molar-refractivity contribution < 1.29 is 26.7 Å². The summed E-state index contributed by atoms with van der Waals surface area (Å²) in [6.07, 6.45) is -5.10. The topological polar surface area (TPSA) is 20.3 Å². The molecule has 0 aromatic carbocycles. The number of rotatable bonds is 1. The van der Waals surface area contributed by atoms with Crippen molar-refractivity contribution in [1.82, 2.24) is 4.90 Å². The van der Waals surface area contributed by atoms with E-state index in [2.05, 4.69) is 0 Å². The molecular weight excluding hydrogens is 245 g/mol. The van der Waals surface area contributed by atoms with E-state index in [0.717, 1.165) is 6.42 Å². The van der Waals surface area contributed by atoms with Gasteiger partial charge in [0.2, 0.25) is 0 Å². The van der Waals surface area contributed by atoms with Crippen molar-refractivity contribution in [2.75, 3.05) is 13.1 Å². The molecule has 0 aliphatic carbocycles. The van der Waals surface area contributed by atoms with Crippen molar-refractivity contribution in [3.05, 3.63) is 0 Å². The van der Waals surface area contributed by atoms with Crippen LogP contribution in [0.15, 0.2) is 0 Å². The molecule has 0 aromatic heterocycles. The van der Waals surface area contributed by atoms with Gasteiger partial charge in [-0.2, -0.15) is 22.0 Å². The molecule has 0 bridgehead atoms. The lowest BCUT2D eigenvalue weighted by Crippen LogP contribution is -2.55. The van der Waals surface area contributed by atoms with Crippen LogP contribution in [0.2, 0.25) is 0 Å². The van der Waals surface area contributed by atoms with Gasteiger partial charge in [-0.05, 0) is 18.3 Å². The molecule has 1 heterocycles. The Balaban J connectivity index is 2.83. The Hall–Kier alpha value is -0.880. The van der Waals surface area contributed by atoms with Gasteiger partial charge < -0.3 is 4.90 Å². The van der Waals surface area contributed by atoms with Crippen LogP contribution >= 0.6 is 0 Å². The average Bonchev–Trinajstić information content (AvgIpc) is 2.13. The highest BCUT2D eigenvalue weighted by Gasteiger charge is 2.64. The summed E-state index contributed by atoms with van der Waals surface area (Å²) in [6.45, 7) is 3.35. The maximum Gasteiger partial charge on any atom is 0.463 e. The number of hydrogen-bond acceptors (Lipinski definition) is 1. The molecule has 0 radical (unpaired) electrons. The minimum atomic E-state index is -5.83. The summed E-state index contributed by atoms with van der Waals surface area (Å²) in [5, 5.41) is 0. The average molecular weight is 259 g/mol. The van der Waals surface area contributed by atoms with Gasteiger partial charge in [-0.25, -0.2) is 0 Å². The molecule has 1 saturated heterocycles. The second kappa shape index (κ2) is 4.42. The van der Waals surface area contributed by atoms with Gasteiger partial charge in [0.05, 0.1) is 0 Å². The van der Waals surface area contributed by atoms with Crippen LogP contribution in [-0.2, 0) is 4.79 Å². The van der Waals surface area contributed by atoms with Crippen molar-refractivity contribution in [2.24, 2.45) is 11.8 Å². The van der Waals surface area contributed by atoms with E-state index in [0.29, 0.717) is 4.90 Å². The predicted molar refractivity (Wildman–Crippen MR) is 50.5 cm³/mol. The lowest BCUT2D eigenvalue weighted by Gasteiger charge is -2.36. The molecule has 2 unspecified atom stereocenters. The van der Waals surface area contributed by atoms with E-state index in [4.69, 9.17) is 0 Å². The first kappa shape index (κ1) is 14.2. The summed E-state index contributed by atoms with van der Waals surface area (Å²) in [4.78, 5) is 11.8. The standard InChI is InChI=1S/C10H14F5NO/c1-6-3-7(2)5-16(4-6)8(17)9(11,12)10(13,14)15/h6-7H,3-5H2,1-2H3. The van der Waals surface area contributed by atoms with E-state index in [-0.39, 0.29) is 24.9 Å². The van der Waals surface area contributed by atoms with Gasteiger partial charge >= 0.3 is 18.0 Å². The second-order valence-corrected chi connectivity index (χ2v) is 4.73. The molecule has 1 amide bonds. The number of alkyl halides is 5.